The average Bonchev–Trinajstić information content (AvgIpc) is 2.80. The van der Waals surface area contributed by atoms with Crippen LogP contribution in [-0.4, -0.2) is 11.8 Å². The number of carbonyl (C=O) groups is 2. The second kappa shape index (κ2) is 7.56. The second-order valence-corrected chi connectivity index (χ2v) is 4.76. The van der Waals surface area contributed by atoms with Crippen molar-refractivity contribution in [2.45, 2.75) is 44.9 Å². The Hall–Kier alpha value is -1.84. The maximum Gasteiger partial charge on any atom is 0.217 e. The Kier molecular flexibility index (Phi) is 6.06. The van der Waals surface area contributed by atoms with Crippen LogP contribution in [-0.2, 0) is 16.0 Å². The van der Waals surface area contributed by atoms with Gasteiger partial charge in [0.25, 0.3) is 0 Å². The SMILES string of the molecule is CCC(N)=O.NC(=O)CCC1CCc2ccccc21. The first-order chi connectivity index (χ1) is 9.04. The standard InChI is InChI=1S/C12H15NO.C3H7NO/c13-12(14)8-7-10-6-5-9-3-1-2-4-11(9)10;1-2-3(4)5/h1-4,10H,5-8H2,(H2,13,14);2H2,1H3,(H2,4,5). The molecule has 104 valence electrons. The van der Waals surface area contributed by atoms with Crippen molar-refractivity contribution < 1.29 is 9.59 Å². The minimum absolute atomic E-state index is 0.186. The lowest BCUT2D eigenvalue weighted by molar-refractivity contribution is -0.118. The third-order valence-electron chi connectivity index (χ3n) is 3.34. The fraction of sp³-hybridized carbons (Fsp3) is 0.467. The first kappa shape index (κ1) is 15.2. The van der Waals surface area contributed by atoms with Gasteiger partial charge in [-0.25, -0.2) is 0 Å². The van der Waals surface area contributed by atoms with Gasteiger partial charge in [0, 0.05) is 12.8 Å². The molecule has 2 amide bonds. The van der Waals surface area contributed by atoms with E-state index in [0.29, 0.717) is 18.8 Å². The molecule has 1 aromatic rings. The zero-order valence-corrected chi connectivity index (χ0v) is 11.4. The van der Waals surface area contributed by atoms with Crippen LogP contribution in [0.3, 0.4) is 0 Å². The van der Waals surface area contributed by atoms with Crippen LogP contribution in [0.25, 0.3) is 0 Å². The van der Waals surface area contributed by atoms with Crippen molar-refractivity contribution in [3.63, 3.8) is 0 Å². The van der Waals surface area contributed by atoms with Crippen molar-refractivity contribution in [2.24, 2.45) is 11.5 Å². The van der Waals surface area contributed by atoms with E-state index < -0.39 is 0 Å². The lowest BCUT2D eigenvalue weighted by atomic mass is 9.96. The summed E-state index contributed by atoms with van der Waals surface area (Å²) >= 11 is 0. The molecule has 0 bridgehead atoms. The Labute approximate surface area is 114 Å². The van der Waals surface area contributed by atoms with E-state index in [-0.39, 0.29) is 11.8 Å². The number of hydrogen-bond acceptors (Lipinski definition) is 2. The van der Waals surface area contributed by atoms with Crippen LogP contribution in [0.4, 0.5) is 0 Å². The van der Waals surface area contributed by atoms with E-state index in [1.165, 1.54) is 17.5 Å². The first-order valence-electron chi connectivity index (χ1n) is 6.69. The zero-order valence-electron chi connectivity index (χ0n) is 11.4. The summed E-state index contributed by atoms with van der Waals surface area (Å²) in [5, 5.41) is 0. The molecule has 1 aromatic carbocycles. The van der Waals surface area contributed by atoms with Gasteiger partial charge in [0.15, 0.2) is 0 Å². The zero-order chi connectivity index (χ0) is 14.3. The minimum Gasteiger partial charge on any atom is -0.370 e. The fourth-order valence-electron chi connectivity index (χ4n) is 2.26. The van der Waals surface area contributed by atoms with Gasteiger partial charge in [-0.3, -0.25) is 9.59 Å². The van der Waals surface area contributed by atoms with E-state index in [0.717, 1.165) is 12.8 Å². The van der Waals surface area contributed by atoms with Crippen molar-refractivity contribution in [3.8, 4) is 0 Å². The predicted molar refractivity (Wildman–Crippen MR) is 75.4 cm³/mol. The van der Waals surface area contributed by atoms with Gasteiger partial charge in [-0.2, -0.15) is 0 Å². The van der Waals surface area contributed by atoms with Crippen molar-refractivity contribution >= 4 is 11.8 Å². The van der Waals surface area contributed by atoms with Crippen molar-refractivity contribution in [3.05, 3.63) is 35.4 Å². The molecule has 1 unspecified atom stereocenters. The van der Waals surface area contributed by atoms with Crippen molar-refractivity contribution in [2.75, 3.05) is 0 Å². The van der Waals surface area contributed by atoms with Gasteiger partial charge >= 0.3 is 0 Å². The van der Waals surface area contributed by atoms with Gasteiger partial charge in [0.05, 0.1) is 0 Å². The molecule has 0 spiro atoms. The van der Waals surface area contributed by atoms with E-state index in [1.807, 2.05) is 0 Å². The van der Waals surface area contributed by atoms with Gasteiger partial charge in [0.2, 0.25) is 11.8 Å². The number of carbonyl (C=O) groups excluding carboxylic acids is 2. The first-order valence-corrected chi connectivity index (χ1v) is 6.69. The Bertz CT molecular complexity index is 444. The molecule has 0 radical (unpaired) electrons. The highest BCUT2D eigenvalue weighted by Gasteiger charge is 2.21. The highest BCUT2D eigenvalue weighted by molar-refractivity contribution is 5.73. The number of nitrogens with two attached hydrogens (primary N) is 2. The van der Waals surface area contributed by atoms with E-state index in [4.69, 9.17) is 5.73 Å². The third kappa shape index (κ3) is 5.12. The number of benzene rings is 1. The van der Waals surface area contributed by atoms with Gasteiger partial charge in [0.1, 0.15) is 0 Å². The quantitative estimate of drug-likeness (QED) is 0.867. The van der Waals surface area contributed by atoms with E-state index in [1.54, 1.807) is 6.92 Å². The van der Waals surface area contributed by atoms with Gasteiger partial charge in [-0.1, -0.05) is 31.2 Å². The summed E-state index contributed by atoms with van der Waals surface area (Å²) in [4.78, 5) is 20.3. The van der Waals surface area contributed by atoms with Gasteiger partial charge in [-0.15, -0.1) is 0 Å². The highest BCUT2D eigenvalue weighted by atomic mass is 16.1. The maximum atomic E-state index is 10.7. The Morgan fingerprint density at radius 2 is 1.84 bits per heavy atom. The van der Waals surface area contributed by atoms with Crippen molar-refractivity contribution in [1.29, 1.82) is 0 Å². The minimum atomic E-state index is -0.245. The molecule has 0 saturated heterocycles. The Balaban J connectivity index is 0.000000312. The van der Waals surface area contributed by atoms with Crippen LogP contribution < -0.4 is 11.5 Å². The summed E-state index contributed by atoms with van der Waals surface area (Å²) in [6.07, 6.45) is 4.19. The predicted octanol–water partition coefficient (Wildman–Crippen LogP) is 1.86. The second-order valence-electron chi connectivity index (χ2n) is 4.76. The summed E-state index contributed by atoms with van der Waals surface area (Å²) in [6.45, 7) is 1.72. The molecule has 0 saturated carbocycles. The van der Waals surface area contributed by atoms with Crippen LogP contribution in [0, 0.1) is 0 Å². The van der Waals surface area contributed by atoms with Crippen molar-refractivity contribution in [1.82, 2.24) is 0 Å². The Morgan fingerprint density at radius 3 is 2.42 bits per heavy atom. The summed E-state index contributed by atoms with van der Waals surface area (Å²) < 4.78 is 0. The lowest BCUT2D eigenvalue weighted by Gasteiger charge is -2.09. The molecule has 1 atom stereocenters. The fourth-order valence-corrected chi connectivity index (χ4v) is 2.26. The lowest BCUT2D eigenvalue weighted by Crippen LogP contribution is -2.11. The molecule has 0 heterocycles. The number of fused-ring (bicyclic) bond motifs is 1. The van der Waals surface area contributed by atoms with Crippen LogP contribution in [0.1, 0.15) is 49.7 Å². The normalized spacial score (nSPS) is 16.2. The largest absolute Gasteiger partial charge is 0.370 e. The molecule has 19 heavy (non-hydrogen) atoms. The molecular weight excluding hydrogens is 240 g/mol. The van der Waals surface area contributed by atoms with E-state index in [2.05, 4.69) is 30.0 Å². The summed E-state index contributed by atoms with van der Waals surface area (Å²) in [5.74, 6) is 0.123. The van der Waals surface area contributed by atoms with Crippen LogP contribution in [0.5, 0.6) is 0 Å². The molecule has 4 N–H and O–H groups in total. The number of rotatable bonds is 4. The number of primary amides is 2. The number of amides is 2. The molecule has 1 aliphatic carbocycles. The van der Waals surface area contributed by atoms with Crippen LogP contribution in [0.2, 0.25) is 0 Å². The van der Waals surface area contributed by atoms with Gasteiger partial charge in [-0.05, 0) is 36.3 Å². The highest BCUT2D eigenvalue weighted by Crippen LogP contribution is 2.35. The third-order valence-corrected chi connectivity index (χ3v) is 3.34. The molecule has 4 heteroatoms. The monoisotopic (exact) mass is 262 g/mol. The molecule has 0 fully saturated rings. The summed E-state index contributed by atoms with van der Waals surface area (Å²) in [6, 6.07) is 8.50. The molecule has 0 aliphatic heterocycles. The Morgan fingerprint density at radius 1 is 1.21 bits per heavy atom. The molecule has 1 aliphatic rings. The molecule has 2 rings (SSSR count). The summed E-state index contributed by atoms with van der Waals surface area (Å²) in [7, 11) is 0. The smallest absolute Gasteiger partial charge is 0.217 e. The topological polar surface area (TPSA) is 86.2 Å². The maximum absolute atomic E-state index is 10.7. The van der Waals surface area contributed by atoms with E-state index in [9.17, 15) is 9.59 Å². The molecule has 0 aromatic heterocycles. The number of hydrogen-bond donors (Lipinski definition) is 2. The van der Waals surface area contributed by atoms with Crippen LogP contribution >= 0.6 is 0 Å². The number of aryl methyl sites for hydroxylation is 1. The van der Waals surface area contributed by atoms with Gasteiger partial charge < -0.3 is 11.5 Å². The van der Waals surface area contributed by atoms with E-state index >= 15 is 0 Å². The van der Waals surface area contributed by atoms with Crippen LogP contribution in [0.15, 0.2) is 24.3 Å². The molecular formula is C15H22N2O2. The average molecular weight is 262 g/mol. The molecule has 4 nitrogen and oxygen atoms in total. The summed E-state index contributed by atoms with van der Waals surface area (Å²) in [5.41, 5.74) is 12.7.